The number of hydrogen-bond donors (Lipinski definition) is 3. The predicted octanol–water partition coefficient (Wildman–Crippen LogP) is 3.73. The van der Waals surface area contributed by atoms with Crippen molar-refractivity contribution in [3.8, 4) is 5.88 Å². The third-order valence-electron chi connectivity index (χ3n) is 10.8. The summed E-state index contributed by atoms with van der Waals surface area (Å²) in [5, 5.41) is 6.74. The molecule has 5 aliphatic rings. The van der Waals surface area contributed by atoms with Crippen LogP contribution in [-0.4, -0.2) is 84.2 Å². The molecule has 3 heterocycles. The molecule has 4 amide bonds. The zero-order valence-electron chi connectivity index (χ0n) is 28.6. The summed E-state index contributed by atoms with van der Waals surface area (Å²) in [6.45, 7) is 3.98. The van der Waals surface area contributed by atoms with Crippen molar-refractivity contribution < 1.29 is 37.1 Å². The van der Waals surface area contributed by atoms with E-state index in [1.807, 2.05) is 36.4 Å². The Kier molecular flexibility index (Phi) is 9.79. The molecule has 3 saturated carbocycles. The number of benzene rings is 1. The number of pyridine rings is 1. The number of alkyl carbamates (subject to hydrolysis) is 1. The smallest absolute Gasteiger partial charge is 0.407 e. The highest BCUT2D eigenvalue weighted by Crippen LogP contribution is 2.45. The highest BCUT2D eigenvalue weighted by atomic mass is 32.2. The van der Waals surface area contributed by atoms with E-state index in [2.05, 4.69) is 26.9 Å². The number of aromatic nitrogens is 1. The molecule has 5 atom stereocenters. The zero-order chi connectivity index (χ0) is 35.8. The third-order valence-corrected chi connectivity index (χ3v) is 12.7. The number of ether oxygens (including phenoxy) is 2. The standard InChI is InChI=1S/C37H45N5O8S/c1-2-26-21-37(26,35(45)41-51(47,48)28-14-15-28)40-32(43)30-20-27-22-42(30)34(44)31(25-10-6-3-7-11-25)39-36(46)49-18-8-4-5-9-23-12-13-24-16-17-38-33(50-27)29(24)19-23/h2,5,9,12-13,16-17,19,25-28,30-31H,1,3-4,6-8,10-11,14-15,18,20-22H2,(H,39,46)(H,40,43)(H,41,45)/b9-5+/t26-,27+,30-,31-,37+/m0/s1. The highest BCUT2D eigenvalue weighted by Gasteiger charge is 2.62. The molecule has 0 unspecified atom stereocenters. The van der Waals surface area contributed by atoms with Gasteiger partial charge in [0.1, 0.15) is 23.7 Å². The summed E-state index contributed by atoms with van der Waals surface area (Å²) < 4.78 is 39.6. The third kappa shape index (κ3) is 7.46. The van der Waals surface area contributed by atoms with Crippen molar-refractivity contribution in [2.45, 2.75) is 99.6 Å². The largest absolute Gasteiger partial charge is 0.472 e. The Morgan fingerprint density at radius 3 is 2.63 bits per heavy atom. The van der Waals surface area contributed by atoms with Crippen LogP contribution in [0.1, 0.15) is 76.2 Å². The lowest BCUT2D eigenvalue weighted by Crippen LogP contribution is -2.59. The van der Waals surface area contributed by atoms with Gasteiger partial charge in [0.15, 0.2) is 0 Å². The summed E-state index contributed by atoms with van der Waals surface area (Å²) in [5.74, 6) is -2.16. The fourth-order valence-electron chi connectivity index (χ4n) is 7.69. The van der Waals surface area contributed by atoms with Gasteiger partial charge in [-0.05, 0) is 73.9 Å². The SMILES string of the molecule is C=C[C@H]1C[C@]1(NC(=O)[C@@H]1C[C@@H]2CN1C(=O)[C@H](C1CCCCC1)NC(=O)OCCC/C=C/c1ccc3ccnc(c3c1)O2)C(=O)NS(=O)(=O)C1CC1. The molecule has 2 aromatic rings. The van der Waals surface area contributed by atoms with Crippen LogP contribution in [0.4, 0.5) is 4.79 Å². The van der Waals surface area contributed by atoms with Gasteiger partial charge in [-0.3, -0.25) is 19.1 Å². The van der Waals surface area contributed by atoms with Crippen molar-refractivity contribution >= 4 is 50.7 Å². The predicted molar refractivity (Wildman–Crippen MR) is 189 cm³/mol. The van der Waals surface area contributed by atoms with E-state index in [-0.39, 0.29) is 31.9 Å². The number of nitrogens with zero attached hydrogens (tertiary/aromatic N) is 2. The Morgan fingerprint density at radius 2 is 1.88 bits per heavy atom. The number of sulfonamides is 1. The topological polar surface area (TPSA) is 173 Å². The minimum absolute atomic E-state index is 0.0225. The number of nitrogens with one attached hydrogen (secondary N) is 3. The van der Waals surface area contributed by atoms with Gasteiger partial charge in [-0.2, -0.15) is 0 Å². The Labute approximate surface area is 297 Å². The van der Waals surface area contributed by atoms with Gasteiger partial charge in [0.05, 0.1) is 18.4 Å². The number of amides is 4. The molecule has 3 aliphatic carbocycles. The van der Waals surface area contributed by atoms with E-state index in [9.17, 15) is 27.6 Å². The van der Waals surface area contributed by atoms with Crippen LogP contribution in [0, 0.1) is 11.8 Å². The van der Waals surface area contributed by atoms with Crippen LogP contribution in [0.15, 0.2) is 49.2 Å². The lowest BCUT2D eigenvalue weighted by molar-refractivity contribution is -0.142. The average Bonchev–Trinajstić information content (AvgIpc) is 4.05. The fraction of sp³-hybridized carbons (Fsp3) is 0.541. The second-order valence-corrected chi connectivity index (χ2v) is 16.4. The van der Waals surface area contributed by atoms with E-state index >= 15 is 0 Å². The van der Waals surface area contributed by atoms with Crippen molar-refractivity contribution in [2.75, 3.05) is 13.2 Å². The van der Waals surface area contributed by atoms with Crippen molar-refractivity contribution in [1.82, 2.24) is 25.2 Å². The van der Waals surface area contributed by atoms with Crippen LogP contribution in [0.2, 0.25) is 0 Å². The second kappa shape index (κ2) is 14.3. The fourth-order valence-corrected chi connectivity index (χ4v) is 9.05. The van der Waals surface area contributed by atoms with E-state index < -0.39 is 68.7 Å². The van der Waals surface area contributed by atoms with Crippen LogP contribution in [0.25, 0.3) is 16.8 Å². The Hall–Kier alpha value is -4.46. The molecule has 1 aromatic heterocycles. The van der Waals surface area contributed by atoms with E-state index in [0.717, 1.165) is 48.4 Å². The van der Waals surface area contributed by atoms with Gasteiger partial charge in [0.25, 0.3) is 5.91 Å². The molecule has 1 saturated heterocycles. The molecule has 1 aromatic carbocycles. The molecule has 0 spiro atoms. The van der Waals surface area contributed by atoms with E-state index in [1.54, 1.807) is 6.20 Å². The molecule has 272 valence electrons. The molecule has 51 heavy (non-hydrogen) atoms. The first-order valence-corrected chi connectivity index (χ1v) is 19.6. The first kappa shape index (κ1) is 35.0. The lowest BCUT2D eigenvalue weighted by Gasteiger charge is -2.34. The van der Waals surface area contributed by atoms with Crippen LogP contribution in [0.3, 0.4) is 0 Å². The molecular weight excluding hydrogens is 675 g/mol. The van der Waals surface area contributed by atoms with Crippen molar-refractivity contribution in [1.29, 1.82) is 0 Å². The molecule has 13 nitrogen and oxygen atoms in total. The van der Waals surface area contributed by atoms with Crippen molar-refractivity contribution in [3.63, 3.8) is 0 Å². The molecule has 2 aliphatic heterocycles. The van der Waals surface area contributed by atoms with Crippen LogP contribution in [-0.2, 0) is 29.1 Å². The monoisotopic (exact) mass is 719 g/mol. The summed E-state index contributed by atoms with van der Waals surface area (Å²) in [5.41, 5.74) is -0.587. The molecule has 4 bridgehead atoms. The summed E-state index contributed by atoms with van der Waals surface area (Å²) in [7, 11) is -3.88. The van der Waals surface area contributed by atoms with Gasteiger partial charge in [-0.25, -0.2) is 18.2 Å². The number of carbonyl (C=O) groups excluding carboxylic acids is 4. The molecule has 7 rings (SSSR count). The van der Waals surface area contributed by atoms with Gasteiger partial charge in [-0.15, -0.1) is 6.58 Å². The van der Waals surface area contributed by atoms with Crippen LogP contribution < -0.4 is 20.1 Å². The maximum Gasteiger partial charge on any atom is 0.407 e. The maximum atomic E-state index is 14.6. The number of fused-ring (bicyclic) bond motifs is 3. The molecule has 14 heteroatoms. The van der Waals surface area contributed by atoms with Crippen LogP contribution in [0.5, 0.6) is 5.88 Å². The lowest BCUT2D eigenvalue weighted by atomic mass is 9.83. The number of allylic oxidation sites excluding steroid dienone is 1. The summed E-state index contributed by atoms with van der Waals surface area (Å²) in [6, 6.07) is 5.80. The second-order valence-electron chi connectivity index (χ2n) is 14.5. The average molecular weight is 720 g/mol. The minimum Gasteiger partial charge on any atom is -0.472 e. The summed E-state index contributed by atoms with van der Waals surface area (Å²) in [6.07, 6.45) is 12.6. The van der Waals surface area contributed by atoms with Gasteiger partial charge >= 0.3 is 6.09 Å². The van der Waals surface area contributed by atoms with Gasteiger partial charge < -0.3 is 25.0 Å². The quantitative estimate of drug-likeness (QED) is 0.361. The summed E-state index contributed by atoms with van der Waals surface area (Å²) in [4.78, 5) is 61.4. The van der Waals surface area contributed by atoms with Crippen molar-refractivity contribution in [2.24, 2.45) is 11.8 Å². The number of rotatable bonds is 7. The number of cyclic esters (lactones) is 1. The Balaban J connectivity index is 1.21. The van der Waals surface area contributed by atoms with E-state index in [1.165, 1.54) is 11.0 Å². The number of carbonyl (C=O) groups is 4. The molecule has 4 fully saturated rings. The molecule has 3 N–H and O–H groups in total. The molecular formula is C37H45N5O8S. The van der Waals surface area contributed by atoms with E-state index in [4.69, 9.17) is 9.47 Å². The van der Waals surface area contributed by atoms with Gasteiger partial charge in [-0.1, -0.05) is 49.6 Å². The van der Waals surface area contributed by atoms with Crippen LogP contribution >= 0.6 is 0 Å². The minimum atomic E-state index is -3.88. The van der Waals surface area contributed by atoms with Gasteiger partial charge in [0, 0.05) is 23.9 Å². The van der Waals surface area contributed by atoms with Crippen molar-refractivity contribution in [3.05, 3.63) is 54.8 Å². The maximum absolute atomic E-state index is 14.6. The van der Waals surface area contributed by atoms with E-state index in [0.29, 0.717) is 31.6 Å². The highest BCUT2D eigenvalue weighted by molar-refractivity contribution is 7.91. The van der Waals surface area contributed by atoms with Gasteiger partial charge in [0.2, 0.25) is 27.7 Å². The Bertz CT molecular complexity index is 1860. The first-order valence-electron chi connectivity index (χ1n) is 18.0. The first-order chi connectivity index (χ1) is 24.6. The number of hydrogen-bond acceptors (Lipinski definition) is 9. The summed E-state index contributed by atoms with van der Waals surface area (Å²) >= 11 is 0. The Morgan fingerprint density at radius 1 is 1.08 bits per heavy atom. The normalized spacial score (nSPS) is 29.5. The molecule has 0 radical (unpaired) electrons. The zero-order valence-corrected chi connectivity index (χ0v) is 29.4.